The van der Waals surface area contributed by atoms with Crippen molar-refractivity contribution in [1.29, 1.82) is 0 Å². The van der Waals surface area contributed by atoms with Crippen molar-refractivity contribution in [1.82, 2.24) is 10.0 Å². The Hall–Kier alpha value is -2.42. The SMILES string of the molecule is CC(C)C(=O)Nc1ccc(C(=O)NCCNS(=O)(=O)c2ccccc2Cl)cc1. The fourth-order valence-corrected chi connectivity index (χ4v) is 3.74. The summed E-state index contributed by atoms with van der Waals surface area (Å²) in [5.41, 5.74) is 0.999. The third-order valence-electron chi connectivity index (χ3n) is 3.77. The van der Waals surface area contributed by atoms with Gasteiger partial charge in [-0.1, -0.05) is 37.6 Å². The summed E-state index contributed by atoms with van der Waals surface area (Å²) in [5, 5.41) is 5.50. The molecule has 0 saturated heterocycles. The second kappa shape index (κ2) is 9.68. The van der Waals surface area contributed by atoms with Crippen LogP contribution in [0.3, 0.4) is 0 Å². The summed E-state index contributed by atoms with van der Waals surface area (Å²) in [6.07, 6.45) is 0. The molecule has 0 aliphatic heterocycles. The highest BCUT2D eigenvalue weighted by atomic mass is 35.5. The van der Waals surface area contributed by atoms with Gasteiger partial charge < -0.3 is 10.6 Å². The van der Waals surface area contributed by atoms with Crippen molar-refractivity contribution in [3.05, 3.63) is 59.1 Å². The molecule has 0 bridgehead atoms. The lowest BCUT2D eigenvalue weighted by Crippen LogP contribution is -2.34. The minimum atomic E-state index is -3.75. The van der Waals surface area contributed by atoms with Gasteiger partial charge in [0.1, 0.15) is 4.90 Å². The Morgan fingerprint density at radius 3 is 2.25 bits per heavy atom. The molecule has 7 nitrogen and oxygen atoms in total. The summed E-state index contributed by atoms with van der Waals surface area (Å²) in [4.78, 5) is 23.8. The van der Waals surface area contributed by atoms with Crippen molar-refractivity contribution >= 4 is 39.1 Å². The van der Waals surface area contributed by atoms with Crippen molar-refractivity contribution in [2.24, 2.45) is 5.92 Å². The average molecular weight is 424 g/mol. The van der Waals surface area contributed by atoms with Gasteiger partial charge in [-0.05, 0) is 36.4 Å². The van der Waals surface area contributed by atoms with Gasteiger partial charge in [-0.15, -0.1) is 0 Å². The molecule has 9 heteroatoms. The van der Waals surface area contributed by atoms with E-state index < -0.39 is 10.0 Å². The standard InChI is InChI=1S/C19H22ClN3O4S/c1-13(2)18(24)23-15-9-7-14(8-10-15)19(25)21-11-12-22-28(26,27)17-6-4-3-5-16(17)20/h3-10,13,22H,11-12H2,1-2H3,(H,21,25)(H,23,24). The molecular weight excluding hydrogens is 402 g/mol. The number of halogens is 1. The molecule has 0 spiro atoms. The molecule has 0 aliphatic rings. The van der Waals surface area contributed by atoms with Crippen LogP contribution in [-0.2, 0) is 14.8 Å². The van der Waals surface area contributed by atoms with Gasteiger partial charge in [0.15, 0.2) is 0 Å². The number of carbonyl (C=O) groups excluding carboxylic acids is 2. The van der Waals surface area contributed by atoms with E-state index in [1.54, 1.807) is 50.2 Å². The van der Waals surface area contributed by atoms with E-state index >= 15 is 0 Å². The highest BCUT2D eigenvalue weighted by Crippen LogP contribution is 2.19. The van der Waals surface area contributed by atoms with E-state index in [1.807, 2.05) is 0 Å². The largest absolute Gasteiger partial charge is 0.351 e. The van der Waals surface area contributed by atoms with Crippen molar-refractivity contribution in [3.8, 4) is 0 Å². The summed E-state index contributed by atoms with van der Waals surface area (Å²) in [6, 6.07) is 12.5. The minimum Gasteiger partial charge on any atom is -0.351 e. The molecule has 0 unspecified atom stereocenters. The van der Waals surface area contributed by atoms with Crippen LogP contribution >= 0.6 is 11.6 Å². The monoisotopic (exact) mass is 423 g/mol. The summed E-state index contributed by atoms with van der Waals surface area (Å²) in [6.45, 7) is 3.70. The fourth-order valence-electron chi connectivity index (χ4n) is 2.20. The predicted octanol–water partition coefficient (Wildman–Crippen LogP) is 2.64. The van der Waals surface area contributed by atoms with Crippen molar-refractivity contribution < 1.29 is 18.0 Å². The highest BCUT2D eigenvalue weighted by Gasteiger charge is 2.16. The van der Waals surface area contributed by atoms with Crippen LogP contribution in [-0.4, -0.2) is 33.3 Å². The summed E-state index contributed by atoms with van der Waals surface area (Å²) < 4.78 is 26.8. The highest BCUT2D eigenvalue weighted by molar-refractivity contribution is 7.89. The Labute approximate surface area is 169 Å². The average Bonchev–Trinajstić information content (AvgIpc) is 2.65. The van der Waals surface area contributed by atoms with Gasteiger partial charge in [0.25, 0.3) is 5.91 Å². The van der Waals surface area contributed by atoms with Crippen LogP contribution in [0.4, 0.5) is 5.69 Å². The van der Waals surface area contributed by atoms with Crippen LogP contribution in [0.5, 0.6) is 0 Å². The van der Waals surface area contributed by atoms with Gasteiger partial charge >= 0.3 is 0 Å². The molecule has 150 valence electrons. The number of rotatable bonds is 8. The number of nitrogens with one attached hydrogen (secondary N) is 3. The molecule has 0 saturated carbocycles. The number of sulfonamides is 1. The van der Waals surface area contributed by atoms with E-state index in [1.165, 1.54) is 12.1 Å². The maximum Gasteiger partial charge on any atom is 0.251 e. The molecular formula is C19H22ClN3O4S. The van der Waals surface area contributed by atoms with E-state index in [4.69, 9.17) is 11.6 Å². The molecule has 0 aromatic heterocycles. The Morgan fingerprint density at radius 1 is 1.00 bits per heavy atom. The van der Waals surface area contributed by atoms with Crippen LogP contribution in [0, 0.1) is 5.92 Å². The van der Waals surface area contributed by atoms with Crippen molar-refractivity contribution in [3.63, 3.8) is 0 Å². The summed E-state index contributed by atoms with van der Waals surface area (Å²) >= 11 is 5.90. The van der Waals surface area contributed by atoms with Crippen molar-refractivity contribution in [2.45, 2.75) is 18.7 Å². The molecule has 28 heavy (non-hydrogen) atoms. The lowest BCUT2D eigenvalue weighted by molar-refractivity contribution is -0.118. The van der Waals surface area contributed by atoms with Crippen LogP contribution < -0.4 is 15.4 Å². The lowest BCUT2D eigenvalue weighted by atomic mass is 10.1. The molecule has 2 aromatic carbocycles. The first-order chi connectivity index (χ1) is 13.2. The van der Waals surface area contributed by atoms with Gasteiger partial charge in [0.2, 0.25) is 15.9 Å². The van der Waals surface area contributed by atoms with Crippen LogP contribution in [0.2, 0.25) is 5.02 Å². The predicted molar refractivity (Wildman–Crippen MR) is 109 cm³/mol. The minimum absolute atomic E-state index is 0.0120. The Morgan fingerprint density at radius 2 is 1.64 bits per heavy atom. The smallest absolute Gasteiger partial charge is 0.251 e. The summed E-state index contributed by atoms with van der Waals surface area (Å²) in [7, 11) is -3.75. The number of anilines is 1. The zero-order chi connectivity index (χ0) is 20.7. The third-order valence-corrected chi connectivity index (χ3v) is 5.73. The van der Waals surface area contributed by atoms with E-state index in [9.17, 15) is 18.0 Å². The van der Waals surface area contributed by atoms with Crippen LogP contribution in [0.1, 0.15) is 24.2 Å². The molecule has 2 aromatic rings. The topological polar surface area (TPSA) is 104 Å². The van der Waals surface area contributed by atoms with E-state index in [0.29, 0.717) is 11.3 Å². The van der Waals surface area contributed by atoms with Gasteiger partial charge in [-0.3, -0.25) is 9.59 Å². The van der Waals surface area contributed by atoms with E-state index in [0.717, 1.165) is 0 Å². The molecule has 2 amide bonds. The van der Waals surface area contributed by atoms with E-state index in [2.05, 4.69) is 15.4 Å². The van der Waals surface area contributed by atoms with Gasteiger partial charge in [0, 0.05) is 30.3 Å². The number of benzene rings is 2. The molecule has 0 aliphatic carbocycles. The third kappa shape index (κ3) is 6.05. The maximum atomic E-state index is 12.2. The first kappa shape index (κ1) is 21.9. The molecule has 0 heterocycles. The first-order valence-corrected chi connectivity index (χ1v) is 10.5. The Bertz CT molecular complexity index is 944. The zero-order valence-corrected chi connectivity index (χ0v) is 17.1. The van der Waals surface area contributed by atoms with Gasteiger partial charge in [0.05, 0.1) is 5.02 Å². The number of hydrogen-bond donors (Lipinski definition) is 3. The first-order valence-electron chi connectivity index (χ1n) is 8.64. The normalized spacial score (nSPS) is 11.3. The van der Waals surface area contributed by atoms with E-state index in [-0.39, 0.29) is 40.7 Å². The number of hydrogen-bond acceptors (Lipinski definition) is 4. The molecule has 0 atom stereocenters. The fraction of sp³-hybridized carbons (Fsp3) is 0.263. The lowest BCUT2D eigenvalue weighted by Gasteiger charge is -2.10. The molecule has 0 fully saturated rings. The second-order valence-electron chi connectivity index (χ2n) is 6.31. The number of carbonyl (C=O) groups is 2. The van der Waals surface area contributed by atoms with Gasteiger partial charge in [-0.2, -0.15) is 0 Å². The zero-order valence-electron chi connectivity index (χ0n) is 15.5. The second-order valence-corrected chi connectivity index (χ2v) is 8.45. The van der Waals surface area contributed by atoms with Crippen LogP contribution in [0.25, 0.3) is 0 Å². The maximum absolute atomic E-state index is 12.2. The molecule has 2 rings (SSSR count). The molecule has 0 radical (unpaired) electrons. The van der Waals surface area contributed by atoms with Crippen molar-refractivity contribution in [2.75, 3.05) is 18.4 Å². The Kier molecular flexibility index (Phi) is 7.56. The summed E-state index contributed by atoms with van der Waals surface area (Å²) in [5.74, 6) is -0.598. The van der Waals surface area contributed by atoms with Gasteiger partial charge in [-0.25, -0.2) is 13.1 Å². The number of amides is 2. The Balaban J connectivity index is 1.84. The quantitative estimate of drug-likeness (QED) is 0.567. The molecule has 3 N–H and O–H groups in total. The van der Waals surface area contributed by atoms with Crippen LogP contribution in [0.15, 0.2) is 53.4 Å².